The van der Waals surface area contributed by atoms with E-state index in [1.165, 1.54) is 6.42 Å². The summed E-state index contributed by atoms with van der Waals surface area (Å²) in [6.07, 6.45) is 1.23. The zero-order valence-electron chi connectivity index (χ0n) is 10.6. The van der Waals surface area contributed by atoms with Crippen LogP contribution in [0.4, 0.5) is 5.95 Å². The van der Waals surface area contributed by atoms with Gasteiger partial charge in [-0.2, -0.15) is 5.26 Å². The molecule has 18 heavy (non-hydrogen) atoms. The van der Waals surface area contributed by atoms with Crippen molar-refractivity contribution in [1.29, 1.82) is 5.26 Å². The van der Waals surface area contributed by atoms with Crippen LogP contribution in [0.5, 0.6) is 0 Å². The average Bonchev–Trinajstić information content (AvgIpc) is 2.80. The van der Waals surface area contributed by atoms with E-state index in [0.29, 0.717) is 22.8 Å². The standard InChI is InChI=1S/C14H16N4/c1-14(2)6-10(14)8-18-11-5-3-4-9(7-15)12(11)17-13(18)16/h3-5,10H,6,8H2,1-2H3,(H2,16,17). The first kappa shape index (κ1) is 11.1. The molecule has 1 atom stereocenters. The van der Waals surface area contributed by atoms with Gasteiger partial charge in [0.2, 0.25) is 5.95 Å². The third kappa shape index (κ3) is 1.55. The highest BCUT2D eigenvalue weighted by Gasteiger charge is 2.45. The fraction of sp³-hybridized carbons (Fsp3) is 0.429. The van der Waals surface area contributed by atoms with Crippen molar-refractivity contribution in [3.8, 4) is 6.07 Å². The molecule has 4 nitrogen and oxygen atoms in total. The molecule has 2 aromatic rings. The van der Waals surface area contributed by atoms with Crippen LogP contribution in [-0.2, 0) is 6.54 Å². The predicted octanol–water partition coefficient (Wildman–Crippen LogP) is 2.54. The molecule has 1 aliphatic rings. The largest absolute Gasteiger partial charge is 0.369 e. The monoisotopic (exact) mass is 240 g/mol. The first-order chi connectivity index (χ1) is 8.53. The van der Waals surface area contributed by atoms with Crippen LogP contribution in [0.25, 0.3) is 11.0 Å². The SMILES string of the molecule is CC1(C)CC1Cn1c(N)nc2c(C#N)cccc21. The number of nitrogens with zero attached hydrogens (tertiary/aromatic N) is 3. The van der Waals surface area contributed by atoms with E-state index in [4.69, 9.17) is 11.0 Å². The molecular formula is C14H16N4. The summed E-state index contributed by atoms with van der Waals surface area (Å²) in [5.41, 5.74) is 8.67. The maximum Gasteiger partial charge on any atom is 0.201 e. The minimum absolute atomic E-state index is 0.413. The van der Waals surface area contributed by atoms with Crippen LogP contribution in [0.2, 0.25) is 0 Å². The number of anilines is 1. The van der Waals surface area contributed by atoms with Gasteiger partial charge in [-0.05, 0) is 29.9 Å². The number of hydrogen-bond donors (Lipinski definition) is 1. The molecule has 0 radical (unpaired) electrons. The van der Waals surface area contributed by atoms with Gasteiger partial charge in [0.15, 0.2) is 0 Å². The third-order valence-electron chi connectivity index (χ3n) is 4.05. The minimum Gasteiger partial charge on any atom is -0.369 e. The Morgan fingerprint density at radius 3 is 2.89 bits per heavy atom. The van der Waals surface area contributed by atoms with Crippen molar-refractivity contribution < 1.29 is 0 Å². The van der Waals surface area contributed by atoms with Crippen molar-refractivity contribution in [2.45, 2.75) is 26.8 Å². The Kier molecular flexibility index (Phi) is 2.15. The molecule has 92 valence electrons. The van der Waals surface area contributed by atoms with Crippen molar-refractivity contribution in [3.63, 3.8) is 0 Å². The Hall–Kier alpha value is -2.02. The molecule has 1 aromatic carbocycles. The Labute approximate surface area is 106 Å². The first-order valence-electron chi connectivity index (χ1n) is 6.18. The number of para-hydroxylation sites is 1. The zero-order valence-corrected chi connectivity index (χ0v) is 10.6. The van der Waals surface area contributed by atoms with Crippen LogP contribution in [0.3, 0.4) is 0 Å². The lowest BCUT2D eigenvalue weighted by Crippen LogP contribution is -2.07. The zero-order chi connectivity index (χ0) is 12.9. The van der Waals surface area contributed by atoms with E-state index in [0.717, 1.165) is 17.6 Å². The first-order valence-corrected chi connectivity index (χ1v) is 6.18. The molecule has 4 heteroatoms. The van der Waals surface area contributed by atoms with E-state index in [9.17, 15) is 0 Å². The van der Waals surface area contributed by atoms with Crippen LogP contribution in [-0.4, -0.2) is 9.55 Å². The quantitative estimate of drug-likeness (QED) is 0.877. The van der Waals surface area contributed by atoms with E-state index < -0.39 is 0 Å². The lowest BCUT2D eigenvalue weighted by atomic mass is 10.1. The van der Waals surface area contributed by atoms with Crippen LogP contribution in [0.15, 0.2) is 18.2 Å². The van der Waals surface area contributed by atoms with Gasteiger partial charge in [-0.15, -0.1) is 0 Å². The summed E-state index contributed by atoms with van der Waals surface area (Å²) < 4.78 is 2.04. The van der Waals surface area contributed by atoms with E-state index >= 15 is 0 Å². The minimum atomic E-state index is 0.413. The van der Waals surface area contributed by atoms with Gasteiger partial charge in [0.25, 0.3) is 0 Å². The number of aromatic nitrogens is 2. The molecule has 1 fully saturated rings. The Bertz CT molecular complexity index is 660. The third-order valence-corrected chi connectivity index (χ3v) is 4.05. The normalized spacial score (nSPS) is 20.8. The van der Waals surface area contributed by atoms with Gasteiger partial charge in [0, 0.05) is 6.54 Å². The summed E-state index contributed by atoms with van der Waals surface area (Å²) in [6.45, 7) is 5.44. The van der Waals surface area contributed by atoms with Crippen molar-refractivity contribution in [2.24, 2.45) is 11.3 Å². The second-order valence-electron chi connectivity index (χ2n) is 5.76. The van der Waals surface area contributed by atoms with Gasteiger partial charge >= 0.3 is 0 Å². The molecule has 1 heterocycles. The van der Waals surface area contributed by atoms with Crippen LogP contribution < -0.4 is 5.73 Å². The molecule has 1 unspecified atom stereocenters. The molecule has 0 aliphatic heterocycles. The highest BCUT2D eigenvalue weighted by atomic mass is 15.2. The fourth-order valence-corrected chi connectivity index (χ4v) is 2.56. The number of nitrogens with two attached hydrogens (primary N) is 1. The molecule has 1 saturated carbocycles. The number of hydrogen-bond acceptors (Lipinski definition) is 3. The molecular weight excluding hydrogens is 224 g/mol. The maximum absolute atomic E-state index is 9.07. The van der Waals surface area contributed by atoms with Crippen molar-refractivity contribution in [3.05, 3.63) is 23.8 Å². The van der Waals surface area contributed by atoms with Crippen molar-refractivity contribution in [2.75, 3.05) is 5.73 Å². The summed E-state index contributed by atoms with van der Waals surface area (Å²) in [5.74, 6) is 1.17. The van der Waals surface area contributed by atoms with Crippen molar-refractivity contribution >= 4 is 17.0 Å². The Balaban J connectivity index is 2.07. The van der Waals surface area contributed by atoms with Gasteiger partial charge in [-0.3, -0.25) is 0 Å². The number of nitrogen functional groups attached to an aromatic ring is 1. The van der Waals surface area contributed by atoms with Gasteiger partial charge in [0.1, 0.15) is 11.6 Å². The van der Waals surface area contributed by atoms with Crippen molar-refractivity contribution in [1.82, 2.24) is 9.55 Å². The smallest absolute Gasteiger partial charge is 0.201 e. The second-order valence-corrected chi connectivity index (χ2v) is 5.76. The number of imidazole rings is 1. The molecule has 1 aliphatic carbocycles. The number of nitriles is 1. The highest BCUT2D eigenvalue weighted by molar-refractivity contribution is 5.83. The topological polar surface area (TPSA) is 67.6 Å². The van der Waals surface area contributed by atoms with E-state index in [1.807, 2.05) is 16.7 Å². The van der Waals surface area contributed by atoms with Crippen LogP contribution in [0, 0.1) is 22.7 Å². The highest BCUT2D eigenvalue weighted by Crippen LogP contribution is 2.52. The van der Waals surface area contributed by atoms with Gasteiger partial charge < -0.3 is 10.3 Å². The number of rotatable bonds is 2. The van der Waals surface area contributed by atoms with E-state index in [2.05, 4.69) is 24.9 Å². The maximum atomic E-state index is 9.07. The summed E-state index contributed by atoms with van der Waals surface area (Å²) in [4.78, 5) is 4.33. The summed E-state index contributed by atoms with van der Waals surface area (Å²) >= 11 is 0. The lowest BCUT2D eigenvalue weighted by Gasteiger charge is -2.07. The average molecular weight is 240 g/mol. The molecule has 2 N–H and O–H groups in total. The molecule has 3 rings (SSSR count). The fourth-order valence-electron chi connectivity index (χ4n) is 2.56. The van der Waals surface area contributed by atoms with E-state index in [-0.39, 0.29) is 0 Å². The van der Waals surface area contributed by atoms with Crippen LogP contribution >= 0.6 is 0 Å². The molecule has 0 spiro atoms. The van der Waals surface area contributed by atoms with E-state index in [1.54, 1.807) is 6.07 Å². The molecule has 0 bridgehead atoms. The number of benzene rings is 1. The summed E-state index contributed by atoms with van der Waals surface area (Å²) in [5, 5.41) is 9.07. The molecule has 1 aromatic heterocycles. The lowest BCUT2D eigenvalue weighted by molar-refractivity contribution is 0.507. The number of fused-ring (bicyclic) bond motifs is 1. The summed E-state index contributed by atoms with van der Waals surface area (Å²) in [7, 11) is 0. The molecule has 0 amide bonds. The summed E-state index contributed by atoms with van der Waals surface area (Å²) in [6, 6.07) is 7.81. The molecule has 0 saturated heterocycles. The van der Waals surface area contributed by atoms with Gasteiger partial charge in [-0.25, -0.2) is 4.98 Å². The second kappa shape index (κ2) is 3.49. The van der Waals surface area contributed by atoms with Gasteiger partial charge in [0.05, 0.1) is 11.1 Å². The van der Waals surface area contributed by atoms with Gasteiger partial charge in [-0.1, -0.05) is 19.9 Å². The predicted molar refractivity (Wildman–Crippen MR) is 70.7 cm³/mol. The Morgan fingerprint density at radius 1 is 1.56 bits per heavy atom. The Morgan fingerprint density at radius 2 is 2.28 bits per heavy atom. The van der Waals surface area contributed by atoms with Crippen LogP contribution in [0.1, 0.15) is 25.8 Å².